The molecule has 1 N–H and O–H groups in total. The summed E-state index contributed by atoms with van der Waals surface area (Å²) >= 11 is 1.13. The van der Waals surface area contributed by atoms with Gasteiger partial charge in [-0.1, -0.05) is 24.3 Å². The number of sulfonamides is 1. The van der Waals surface area contributed by atoms with Crippen molar-refractivity contribution in [2.24, 2.45) is 0 Å². The van der Waals surface area contributed by atoms with Crippen molar-refractivity contribution in [3.63, 3.8) is 0 Å². The Balaban J connectivity index is 2.23. The van der Waals surface area contributed by atoms with Crippen LogP contribution in [0.25, 0.3) is 0 Å². The van der Waals surface area contributed by atoms with E-state index >= 15 is 0 Å². The number of nitrogens with one attached hydrogen (secondary N) is 1. The highest BCUT2D eigenvalue weighted by Gasteiger charge is 2.20. The lowest BCUT2D eigenvalue weighted by molar-refractivity contribution is 0.551. The van der Waals surface area contributed by atoms with Crippen molar-refractivity contribution in [2.45, 2.75) is 17.2 Å². The van der Waals surface area contributed by atoms with E-state index in [2.05, 4.69) is 4.72 Å². The summed E-state index contributed by atoms with van der Waals surface area (Å²) in [5.74, 6) is -0.418. The van der Waals surface area contributed by atoms with E-state index in [1.807, 2.05) is 0 Å². The summed E-state index contributed by atoms with van der Waals surface area (Å²) in [7, 11) is -3.58. The van der Waals surface area contributed by atoms with E-state index in [1.165, 1.54) is 12.1 Å². The maximum Gasteiger partial charge on any atom is 0.250 e. The summed E-state index contributed by atoms with van der Waals surface area (Å²) in [6.45, 7) is 1.61. The molecule has 0 spiro atoms. The molecule has 0 aliphatic carbocycles. The third-order valence-electron chi connectivity index (χ3n) is 2.46. The van der Waals surface area contributed by atoms with Crippen LogP contribution in [0.2, 0.25) is 0 Å². The molecule has 0 fully saturated rings. The molecule has 0 aliphatic rings. The van der Waals surface area contributed by atoms with Gasteiger partial charge in [0.25, 0.3) is 10.0 Å². The molecule has 1 aromatic carbocycles. The molecule has 1 unspecified atom stereocenters. The molecule has 3 nitrogen and oxygen atoms in total. The van der Waals surface area contributed by atoms with Crippen molar-refractivity contribution in [1.29, 1.82) is 0 Å². The van der Waals surface area contributed by atoms with Crippen LogP contribution < -0.4 is 4.72 Å². The van der Waals surface area contributed by atoms with Gasteiger partial charge in [-0.3, -0.25) is 0 Å². The zero-order valence-electron chi connectivity index (χ0n) is 9.63. The van der Waals surface area contributed by atoms with Crippen molar-refractivity contribution >= 4 is 21.4 Å². The molecule has 1 aromatic heterocycles. The van der Waals surface area contributed by atoms with Gasteiger partial charge in [0.1, 0.15) is 10.0 Å². The summed E-state index contributed by atoms with van der Waals surface area (Å²) in [4.78, 5) is 0. The quantitative estimate of drug-likeness (QED) is 0.939. The van der Waals surface area contributed by atoms with Gasteiger partial charge in [-0.05, 0) is 24.4 Å². The first-order valence-corrected chi connectivity index (χ1v) is 7.67. The molecule has 1 heterocycles. The summed E-state index contributed by atoms with van der Waals surface area (Å²) in [6.07, 6.45) is 0. The molecule has 6 heteroatoms. The van der Waals surface area contributed by atoms with Crippen molar-refractivity contribution < 1.29 is 12.8 Å². The van der Waals surface area contributed by atoms with Crippen LogP contribution in [-0.4, -0.2) is 8.42 Å². The van der Waals surface area contributed by atoms with E-state index in [1.54, 1.807) is 36.6 Å². The molecule has 0 amide bonds. The number of rotatable bonds is 4. The molecule has 0 radical (unpaired) electrons. The van der Waals surface area contributed by atoms with Crippen LogP contribution in [-0.2, 0) is 10.0 Å². The van der Waals surface area contributed by atoms with Crippen LogP contribution >= 0.6 is 11.3 Å². The summed E-state index contributed by atoms with van der Waals surface area (Å²) in [5.41, 5.74) is 0.331. The van der Waals surface area contributed by atoms with Crippen LogP contribution in [0.1, 0.15) is 18.5 Å². The fourth-order valence-electron chi connectivity index (χ4n) is 1.60. The first kappa shape index (κ1) is 13.2. The molecule has 18 heavy (non-hydrogen) atoms. The van der Waals surface area contributed by atoms with Crippen LogP contribution in [0.4, 0.5) is 4.39 Å². The molecule has 2 rings (SSSR count). The number of hydrogen-bond donors (Lipinski definition) is 1. The number of hydrogen-bond acceptors (Lipinski definition) is 3. The highest BCUT2D eigenvalue weighted by atomic mass is 32.2. The van der Waals surface area contributed by atoms with Crippen molar-refractivity contribution in [3.05, 3.63) is 53.2 Å². The average molecular weight is 285 g/mol. The first-order chi connectivity index (χ1) is 8.50. The monoisotopic (exact) mass is 285 g/mol. The second kappa shape index (κ2) is 5.17. The van der Waals surface area contributed by atoms with Crippen LogP contribution in [0.3, 0.4) is 0 Å². The van der Waals surface area contributed by atoms with E-state index in [4.69, 9.17) is 0 Å². The maximum absolute atomic E-state index is 13.5. The van der Waals surface area contributed by atoms with E-state index < -0.39 is 21.9 Å². The minimum Gasteiger partial charge on any atom is -0.207 e. The Morgan fingerprint density at radius 2 is 1.94 bits per heavy atom. The normalized spacial score (nSPS) is 13.4. The van der Waals surface area contributed by atoms with Crippen molar-refractivity contribution in [2.75, 3.05) is 0 Å². The Bertz CT molecular complexity index is 623. The molecular formula is C12H12FNO2S2. The Hall–Kier alpha value is -1.24. The lowest BCUT2D eigenvalue weighted by atomic mass is 10.1. The average Bonchev–Trinajstić information content (AvgIpc) is 2.82. The van der Waals surface area contributed by atoms with Crippen LogP contribution in [0, 0.1) is 5.82 Å². The zero-order chi connectivity index (χ0) is 13.2. The fourth-order valence-corrected chi connectivity index (χ4v) is 3.83. The molecule has 96 valence electrons. The van der Waals surface area contributed by atoms with Crippen LogP contribution in [0.5, 0.6) is 0 Å². The molecule has 0 saturated heterocycles. The third-order valence-corrected chi connectivity index (χ3v) is 5.40. The lowest BCUT2D eigenvalue weighted by Crippen LogP contribution is -2.26. The Kier molecular flexibility index (Phi) is 3.79. The smallest absolute Gasteiger partial charge is 0.207 e. The van der Waals surface area contributed by atoms with E-state index in [0.717, 1.165) is 11.3 Å². The molecule has 0 bridgehead atoms. The second-order valence-electron chi connectivity index (χ2n) is 3.80. The van der Waals surface area contributed by atoms with Crippen molar-refractivity contribution in [1.82, 2.24) is 4.72 Å². The first-order valence-electron chi connectivity index (χ1n) is 5.31. The Morgan fingerprint density at radius 1 is 1.22 bits per heavy atom. The molecular weight excluding hydrogens is 273 g/mol. The van der Waals surface area contributed by atoms with Crippen molar-refractivity contribution in [3.8, 4) is 0 Å². The standard InChI is InChI=1S/C12H12FNO2S2/c1-9(10-5-2-3-6-11(10)13)14-18(15,16)12-7-4-8-17-12/h2-9,14H,1H3. The predicted octanol–water partition coefficient (Wildman–Crippen LogP) is 2.93. The Morgan fingerprint density at radius 3 is 2.56 bits per heavy atom. The molecule has 2 aromatic rings. The zero-order valence-corrected chi connectivity index (χ0v) is 11.3. The van der Waals surface area contributed by atoms with Gasteiger partial charge in [0.2, 0.25) is 0 Å². The minimum atomic E-state index is -3.58. The number of thiophene rings is 1. The van der Waals surface area contributed by atoms with Gasteiger partial charge in [-0.15, -0.1) is 11.3 Å². The van der Waals surface area contributed by atoms with Gasteiger partial charge >= 0.3 is 0 Å². The summed E-state index contributed by atoms with van der Waals surface area (Å²) in [6, 6.07) is 8.68. The second-order valence-corrected chi connectivity index (χ2v) is 6.69. The largest absolute Gasteiger partial charge is 0.250 e. The molecule has 0 aliphatic heterocycles. The van der Waals surface area contributed by atoms with Crippen LogP contribution in [0.15, 0.2) is 46.0 Å². The fraction of sp³-hybridized carbons (Fsp3) is 0.167. The van der Waals surface area contributed by atoms with E-state index in [-0.39, 0.29) is 4.21 Å². The minimum absolute atomic E-state index is 0.227. The van der Waals surface area contributed by atoms with Gasteiger partial charge in [-0.2, -0.15) is 0 Å². The highest BCUT2D eigenvalue weighted by Crippen LogP contribution is 2.21. The SMILES string of the molecule is CC(NS(=O)(=O)c1cccs1)c1ccccc1F. The Labute approximate surface area is 109 Å². The number of halogens is 1. The third kappa shape index (κ3) is 2.77. The van der Waals surface area contributed by atoms with Gasteiger partial charge in [0.15, 0.2) is 0 Å². The summed E-state index contributed by atoms with van der Waals surface area (Å²) in [5, 5.41) is 1.68. The predicted molar refractivity (Wildman–Crippen MR) is 69.5 cm³/mol. The van der Waals surface area contributed by atoms with Gasteiger partial charge in [-0.25, -0.2) is 17.5 Å². The van der Waals surface area contributed by atoms with Gasteiger partial charge < -0.3 is 0 Å². The summed E-state index contributed by atoms with van der Waals surface area (Å²) < 4.78 is 40.1. The topological polar surface area (TPSA) is 46.2 Å². The molecule has 1 atom stereocenters. The molecule has 0 saturated carbocycles. The van der Waals surface area contributed by atoms with Gasteiger partial charge in [0.05, 0.1) is 0 Å². The van der Waals surface area contributed by atoms with E-state index in [9.17, 15) is 12.8 Å². The number of benzene rings is 1. The maximum atomic E-state index is 13.5. The lowest BCUT2D eigenvalue weighted by Gasteiger charge is -2.14. The van der Waals surface area contributed by atoms with Gasteiger partial charge in [0, 0.05) is 11.6 Å². The highest BCUT2D eigenvalue weighted by molar-refractivity contribution is 7.91. The van der Waals surface area contributed by atoms with E-state index in [0.29, 0.717) is 5.56 Å².